The highest BCUT2D eigenvalue weighted by Gasteiger charge is 2.07. The molecular formula is C18H18N2OS3. The molecule has 3 aromatic rings. The minimum Gasteiger partial charge on any atom is -0.319 e. The zero-order valence-corrected chi connectivity index (χ0v) is 16.2. The van der Waals surface area contributed by atoms with Crippen molar-refractivity contribution in [2.24, 2.45) is 12.0 Å². The van der Waals surface area contributed by atoms with Crippen LogP contribution in [0.1, 0.15) is 5.56 Å². The molecule has 1 amide bonds. The predicted molar refractivity (Wildman–Crippen MR) is 105 cm³/mol. The smallest absolute Gasteiger partial charge is 0.252 e. The number of fused-ring (bicyclic) bond motifs is 1. The minimum absolute atomic E-state index is 0.112. The summed E-state index contributed by atoms with van der Waals surface area (Å²) in [4.78, 5) is 19.8. The van der Waals surface area contributed by atoms with E-state index in [0.717, 1.165) is 20.6 Å². The van der Waals surface area contributed by atoms with E-state index < -0.39 is 0 Å². The average Bonchev–Trinajstić information content (AvgIpc) is 2.90. The molecular weight excluding hydrogens is 356 g/mol. The monoisotopic (exact) mass is 374 g/mol. The van der Waals surface area contributed by atoms with Gasteiger partial charge in [-0.25, -0.2) is 0 Å². The number of rotatable bonds is 4. The second kappa shape index (κ2) is 7.59. The summed E-state index contributed by atoms with van der Waals surface area (Å²) >= 11 is 4.97. The number of thioether (sulfide) groups is 2. The summed E-state index contributed by atoms with van der Waals surface area (Å²) in [5.41, 5.74) is 2.10. The maximum absolute atomic E-state index is 12.3. The van der Waals surface area contributed by atoms with Crippen LogP contribution in [0.15, 0.2) is 57.2 Å². The van der Waals surface area contributed by atoms with E-state index in [-0.39, 0.29) is 5.91 Å². The van der Waals surface area contributed by atoms with Gasteiger partial charge < -0.3 is 4.57 Å². The van der Waals surface area contributed by atoms with Gasteiger partial charge in [0.25, 0.3) is 5.91 Å². The van der Waals surface area contributed by atoms with Crippen LogP contribution in [0, 0.1) is 0 Å². The van der Waals surface area contributed by atoms with Crippen molar-refractivity contribution in [3.05, 3.63) is 52.8 Å². The molecule has 6 heteroatoms. The van der Waals surface area contributed by atoms with Crippen molar-refractivity contribution in [1.29, 1.82) is 0 Å². The average molecular weight is 375 g/mol. The largest absolute Gasteiger partial charge is 0.319 e. The summed E-state index contributed by atoms with van der Waals surface area (Å²) in [5, 5.41) is 0. The van der Waals surface area contributed by atoms with E-state index >= 15 is 0 Å². The Bertz CT molecular complexity index is 939. The van der Waals surface area contributed by atoms with Crippen LogP contribution < -0.4 is 4.80 Å². The predicted octanol–water partition coefficient (Wildman–Crippen LogP) is 4.35. The molecule has 2 aromatic carbocycles. The van der Waals surface area contributed by atoms with Crippen molar-refractivity contribution in [1.82, 2.24) is 4.57 Å². The first kappa shape index (κ1) is 17.3. The molecule has 0 N–H and O–H groups in total. The third kappa shape index (κ3) is 3.77. The highest BCUT2D eigenvalue weighted by Crippen LogP contribution is 2.23. The first-order valence-electron chi connectivity index (χ1n) is 7.45. The lowest BCUT2D eigenvalue weighted by Gasteiger charge is -2.00. The second-order valence-electron chi connectivity index (χ2n) is 5.31. The lowest BCUT2D eigenvalue weighted by Crippen LogP contribution is -2.14. The van der Waals surface area contributed by atoms with Crippen LogP contribution >= 0.6 is 34.9 Å². The Morgan fingerprint density at radius 2 is 1.75 bits per heavy atom. The van der Waals surface area contributed by atoms with E-state index in [2.05, 4.69) is 29.4 Å². The van der Waals surface area contributed by atoms with Gasteiger partial charge in [-0.15, -0.1) is 23.5 Å². The molecule has 24 heavy (non-hydrogen) atoms. The Hall–Kier alpha value is -1.50. The highest BCUT2D eigenvalue weighted by molar-refractivity contribution is 7.98. The van der Waals surface area contributed by atoms with Crippen molar-refractivity contribution in [3.8, 4) is 0 Å². The molecule has 3 nitrogen and oxygen atoms in total. The van der Waals surface area contributed by atoms with E-state index in [0.29, 0.717) is 6.42 Å². The maximum Gasteiger partial charge on any atom is 0.252 e. The van der Waals surface area contributed by atoms with Crippen LogP contribution in [0.25, 0.3) is 10.2 Å². The fourth-order valence-electron chi connectivity index (χ4n) is 2.41. The Morgan fingerprint density at radius 3 is 2.42 bits per heavy atom. The number of aryl methyl sites for hydroxylation is 1. The summed E-state index contributed by atoms with van der Waals surface area (Å²) in [7, 11) is 1.96. The molecule has 0 aliphatic carbocycles. The van der Waals surface area contributed by atoms with E-state index in [4.69, 9.17) is 0 Å². The standard InChI is InChI=1S/C18H18N2OS3/c1-20-15-9-8-14(23-3)11-16(15)24-18(20)19-17(21)10-12-4-6-13(22-2)7-5-12/h4-9,11H,10H2,1-3H3. The number of hydrogen-bond donors (Lipinski definition) is 0. The van der Waals surface area contributed by atoms with Gasteiger partial charge in [0.15, 0.2) is 4.80 Å². The van der Waals surface area contributed by atoms with Crippen molar-refractivity contribution in [2.45, 2.75) is 16.2 Å². The van der Waals surface area contributed by atoms with Crippen molar-refractivity contribution in [2.75, 3.05) is 12.5 Å². The molecule has 0 saturated heterocycles. The Kier molecular flexibility index (Phi) is 5.48. The molecule has 1 heterocycles. The number of amides is 1. The Labute approximate surface area is 153 Å². The molecule has 0 aliphatic rings. The van der Waals surface area contributed by atoms with Crippen LogP contribution in [0.3, 0.4) is 0 Å². The van der Waals surface area contributed by atoms with Gasteiger partial charge >= 0.3 is 0 Å². The van der Waals surface area contributed by atoms with Crippen molar-refractivity contribution < 1.29 is 4.79 Å². The van der Waals surface area contributed by atoms with Crippen LogP contribution in [-0.2, 0) is 18.3 Å². The van der Waals surface area contributed by atoms with Gasteiger partial charge in [0, 0.05) is 16.8 Å². The van der Waals surface area contributed by atoms with Gasteiger partial charge in [0.05, 0.1) is 16.6 Å². The van der Waals surface area contributed by atoms with Gasteiger partial charge in [0.1, 0.15) is 0 Å². The number of thiazole rings is 1. The number of hydrogen-bond acceptors (Lipinski definition) is 4. The molecule has 0 fully saturated rings. The van der Waals surface area contributed by atoms with Crippen LogP contribution in [0.5, 0.6) is 0 Å². The zero-order valence-electron chi connectivity index (χ0n) is 13.8. The fraction of sp³-hybridized carbons (Fsp3) is 0.222. The molecule has 0 saturated carbocycles. The molecule has 0 atom stereocenters. The van der Waals surface area contributed by atoms with Gasteiger partial charge in [-0.3, -0.25) is 4.79 Å². The van der Waals surface area contributed by atoms with Crippen LogP contribution in [0.4, 0.5) is 0 Å². The lowest BCUT2D eigenvalue weighted by atomic mass is 10.1. The summed E-state index contributed by atoms with van der Waals surface area (Å²) in [6.45, 7) is 0. The molecule has 3 rings (SSSR count). The number of aromatic nitrogens is 1. The fourth-order valence-corrected chi connectivity index (χ4v) is 4.41. The van der Waals surface area contributed by atoms with Gasteiger partial charge in [-0.1, -0.05) is 23.5 Å². The molecule has 0 radical (unpaired) electrons. The minimum atomic E-state index is -0.112. The summed E-state index contributed by atoms with van der Waals surface area (Å²) in [5.74, 6) is -0.112. The number of nitrogens with zero attached hydrogens (tertiary/aromatic N) is 2. The van der Waals surface area contributed by atoms with Gasteiger partial charge in [-0.05, 0) is 48.4 Å². The number of benzene rings is 2. The van der Waals surface area contributed by atoms with Crippen LogP contribution in [-0.4, -0.2) is 23.0 Å². The molecule has 124 valence electrons. The second-order valence-corrected chi connectivity index (χ2v) is 8.08. The summed E-state index contributed by atoms with van der Waals surface area (Å²) in [6, 6.07) is 14.4. The van der Waals surface area contributed by atoms with E-state index in [1.54, 1.807) is 34.9 Å². The Balaban J connectivity index is 1.87. The molecule has 1 aromatic heterocycles. The van der Waals surface area contributed by atoms with E-state index in [1.807, 2.05) is 42.1 Å². The SMILES string of the molecule is CSc1ccc(CC(=O)N=c2sc3cc(SC)ccc3n2C)cc1. The molecule has 0 aliphatic heterocycles. The topological polar surface area (TPSA) is 34.4 Å². The van der Waals surface area contributed by atoms with E-state index in [1.165, 1.54) is 9.79 Å². The molecule has 0 bridgehead atoms. The number of carbonyl (C=O) groups excluding carboxylic acids is 1. The van der Waals surface area contributed by atoms with Gasteiger partial charge in [-0.2, -0.15) is 4.99 Å². The third-order valence-corrected chi connectivity index (χ3v) is 6.31. The Morgan fingerprint density at radius 1 is 1.08 bits per heavy atom. The van der Waals surface area contributed by atoms with Gasteiger partial charge in [0.2, 0.25) is 0 Å². The molecule has 0 unspecified atom stereocenters. The van der Waals surface area contributed by atoms with Crippen molar-refractivity contribution in [3.63, 3.8) is 0 Å². The van der Waals surface area contributed by atoms with E-state index in [9.17, 15) is 4.79 Å². The van der Waals surface area contributed by atoms with Crippen LogP contribution in [0.2, 0.25) is 0 Å². The highest BCUT2D eigenvalue weighted by atomic mass is 32.2. The molecule has 0 spiro atoms. The first-order valence-corrected chi connectivity index (χ1v) is 10.7. The quantitative estimate of drug-likeness (QED) is 0.637. The van der Waals surface area contributed by atoms with Crippen molar-refractivity contribution >= 4 is 51.0 Å². The first-order chi connectivity index (χ1) is 11.6. The maximum atomic E-state index is 12.3. The zero-order chi connectivity index (χ0) is 17.1. The third-order valence-electron chi connectivity index (χ3n) is 3.75. The number of carbonyl (C=O) groups is 1. The lowest BCUT2D eigenvalue weighted by molar-refractivity contribution is -0.117. The normalized spacial score (nSPS) is 12.0. The summed E-state index contributed by atoms with van der Waals surface area (Å²) < 4.78 is 3.14. The summed E-state index contributed by atoms with van der Waals surface area (Å²) in [6.07, 6.45) is 4.43.